The fourth-order valence-corrected chi connectivity index (χ4v) is 4.40. The van der Waals surface area contributed by atoms with E-state index >= 15 is 0 Å². The van der Waals surface area contributed by atoms with Gasteiger partial charge in [0.2, 0.25) is 0 Å². The zero-order valence-electron chi connectivity index (χ0n) is 18.0. The number of carbonyl (C=O) groups is 1. The van der Waals surface area contributed by atoms with Crippen LogP contribution in [0.2, 0.25) is 0 Å². The monoisotopic (exact) mass is 444 g/mol. The largest absolute Gasteiger partial charge is 0.497 e. The third kappa shape index (κ3) is 5.03. The maximum atomic E-state index is 13.4. The number of amidine groups is 1. The minimum Gasteiger partial charge on any atom is -0.497 e. The van der Waals surface area contributed by atoms with E-state index in [1.54, 1.807) is 19.1 Å². The molecule has 32 heavy (non-hydrogen) atoms. The van der Waals surface area contributed by atoms with E-state index in [1.807, 2.05) is 72.8 Å². The molecule has 0 unspecified atom stereocenters. The Morgan fingerprint density at radius 2 is 1.66 bits per heavy atom. The summed E-state index contributed by atoms with van der Waals surface area (Å²) in [5, 5.41) is 0.672. The van der Waals surface area contributed by atoms with E-state index in [9.17, 15) is 4.79 Å². The minimum absolute atomic E-state index is 0.0644. The van der Waals surface area contributed by atoms with Gasteiger partial charge in [-0.2, -0.15) is 0 Å². The van der Waals surface area contributed by atoms with Crippen LogP contribution in [0.5, 0.6) is 11.5 Å². The fourth-order valence-electron chi connectivity index (χ4n) is 3.38. The summed E-state index contributed by atoms with van der Waals surface area (Å²) in [7, 11) is 3.23. The van der Waals surface area contributed by atoms with E-state index in [4.69, 9.17) is 14.5 Å². The zero-order valence-corrected chi connectivity index (χ0v) is 18.8. The van der Waals surface area contributed by atoms with E-state index in [0.717, 1.165) is 17.7 Å². The third-order valence-corrected chi connectivity index (χ3v) is 6.07. The van der Waals surface area contributed by atoms with Gasteiger partial charge >= 0.3 is 0 Å². The number of rotatable bonds is 7. The molecule has 5 nitrogen and oxygen atoms in total. The predicted octanol–water partition coefficient (Wildman–Crippen LogP) is 5.55. The Morgan fingerprint density at radius 1 is 0.938 bits per heavy atom. The van der Waals surface area contributed by atoms with Crippen LogP contribution < -0.4 is 9.47 Å². The van der Waals surface area contributed by atoms with Crippen LogP contribution in [0.25, 0.3) is 6.08 Å². The van der Waals surface area contributed by atoms with Crippen molar-refractivity contribution in [2.24, 2.45) is 4.99 Å². The van der Waals surface area contributed by atoms with E-state index in [2.05, 4.69) is 12.1 Å². The summed E-state index contributed by atoms with van der Waals surface area (Å²) in [6.07, 6.45) is 2.59. The van der Waals surface area contributed by atoms with Gasteiger partial charge in [0, 0.05) is 12.1 Å². The molecule has 0 aliphatic carbocycles. The number of aliphatic imine (C=N–C) groups is 1. The molecule has 0 aromatic heterocycles. The summed E-state index contributed by atoms with van der Waals surface area (Å²) in [6.45, 7) is 0.550. The summed E-state index contributed by atoms with van der Waals surface area (Å²) < 4.78 is 10.8. The molecule has 3 aromatic rings. The number of benzene rings is 3. The van der Waals surface area contributed by atoms with Crippen molar-refractivity contribution < 1.29 is 14.3 Å². The van der Waals surface area contributed by atoms with Crippen molar-refractivity contribution >= 4 is 34.6 Å². The third-order valence-electron chi connectivity index (χ3n) is 5.06. The Bertz CT molecular complexity index is 1140. The molecule has 1 amide bonds. The lowest BCUT2D eigenvalue weighted by Crippen LogP contribution is -2.31. The van der Waals surface area contributed by atoms with Crippen molar-refractivity contribution in [2.75, 3.05) is 20.8 Å². The maximum absolute atomic E-state index is 13.4. The van der Waals surface area contributed by atoms with E-state index < -0.39 is 0 Å². The Kier molecular flexibility index (Phi) is 6.92. The van der Waals surface area contributed by atoms with E-state index in [-0.39, 0.29) is 5.91 Å². The second kappa shape index (κ2) is 10.2. The molecule has 0 atom stereocenters. The SMILES string of the molecule is COc1ccc(OC)c(C=C2SC(=Nc3ccccc3)N(CCc3ccccc3)C2=O)c1. The van der Waals surface area contributed by atoms with Crippen LogP contribution in [0.1, 0.15) is 11.1 Å². The summed E-state index contributed by atoms with van der Waals surface area (Å²) in [5.41, 5.74) is 2.77. The van der Waals surface area contributed by atoms with Crippen molar-refractivity contribution in [3.8, 4) is 11.5 Å². The number of carbonyl (C=O) groups excluding carboxylic acids is 1. The molecule has 1 fully saturated rings. The lowest BCUT2D eigenvalue weighted by Gasteiger charge is -2.15. The molecular formula is C26H24N2O3S. The van der Waals surface area contributed by atoms with Crippen LogP contribution in [0, 0.1) is 0 Å². The molecule has 162 valence electrons. The fraction of sp³-hybridized carbons (Fsp3) is 0.154. The van der Waals surface area contributed by atoms with Gasteiger partial charge in [0.25, 0.3) is 5.91 Å². The Balaban J connectivity index is 1.67. The van der Waals surface area contributed by atoms with Gasteiger partial charge in [0.15, 0.2) is 5.17 Å². The highest BCUT2D eigenvalue weighted by Gasteiger charge is 2.33. The second-order valence-electron chi connectivity index (χ2n) is 7.14. The van der Waals surface area contributed by atoms with Gasteiger partial charge in [-0.25, -0.2) is 4.99 Å². The van der Waals surface area contributed by atoms with Gasteiger partial charge < -0.3 is 9.47 Å². The van der Waals surface area contributed by atoms with Gasteiger partial charge in [-0.1, -0.05) is 48.5 Å². The lowest BCUT2D eigenvalue weighted by atomic mass is 10.1. The first-order chi connectivity index (χ1) is 15.7. The van der Waals surface area contributed by atoms with Crippen LogP contribution in [-0.4, -0.2) is 36.7 Å². The molecule has 6 heteroatoms. The molecule has 0 saturated carbocycles. The number of thioether (sulfide) groups is 1. The number of nitrogens with zero attached hydrogens (tertiary/aromatic N) is 2. The smallest absolute Gasteiger partial charge is 0.266 e. The first-order valence-electron chi connectivity index (χ1n) is 10.3. The highest BCUT2D eigenvalue weighted by molar-refractivity contribution is 8.18. The van der Waals surface area contributed by atoms with Crippen LogP contribution in [0.15, 0.2) is 88.8 Å². The standard InChI is InChI=1S/C26H24N2O3S/c1-30-22-13-14-23(31-2)20(17-22)18-24-25(29)28(16-15-19-9-5-3-6-10-19)26(32-24)27-21-11-7-4-8-12-21/h3-14,17-18H,15-16H2,1-2H3. The topological polar surface area (TPSA) is 51.1 Å². The molecule has 0 N–H and O–H groups in total. The molecule has 1 aliphatic rings. The maximum Gasteiger partial charge on any atom is 0.266 e. The number of ether oxygens (including phenoxy) is 2. The van der Waals surface area contributed by atoms with Gasteiger partial charge in [0.1, 0.15) is 11.5 Å². The zero-order chi connectivity index (χ0) is 22.3. The summed E-state index contributed by atoms with van der Waals surface area (Å²) in [5.74, 6) is 1.31. The van der Waals surface area contributed by atoms with Crippen LogP contribution >= 0.6 is 11.8 Å². The number of amides is 1. The number of para-hydroxylation sites is 1. The summed E-state index contributed by atoms with van der Waals surface area (Å²) >= 11 is 1.38. The first kappa shape index (κ1) is 21.7. The molecular weight excluding hydrogens is 420 g/mol. The Morgan fingerprint density at radius 3 is 2.34 bits per heavy atom. The predicted molar refractivity (Wildman–Crippen MR) is 131 cm³/mol. The summed E-state index contributed by atoms with van der Waals surface area (Å²) in [6, 6.07) is 25.4. The molecule has 0 spiro atoms. The van der Waals surface area contributed by atoms with Gasteiger partial charge in [-0.15, -0.1) is 0 Å². The first-order valence-corrected chi connectivity index (χ1v) is 11.1. The van der Waals surface area contributed by atoms with Crippen LogP contribution in [0.4, 0.5) is 5.69 Å². The van der Waals surface area contributed by atoms with Crippen molar-refractivity contribution in [2.45, 2.75) is 6.42 Å². The molecule has 1 saturated heterocycles. The Labute approximate surface area is 192 Å². The minimum atomic E-state index is -0.0644. The number of hydrogen-bond acceptors (Lipinski definition) is 5. The second-order valence-corrected chi connectivity index (χ2v) is 8.15. The van der Waals surface area contributed by atoms with E-state index in [0.29, 0.717) is 28.1 Å². The van der Waals surface area contributed by atoms with Crippen molar-refractivity contribution in [1.29, 1.82) is 0 Å². The number of methoxy groups -OCH3 is 2. The van der Waals surface area contributed by atoms with Crippen molar-refractivity contribution in [3.05, 3.63) is 94.9 Å². The average molecular weight is 445 g/mol. The quantitative estimate of drug-likeness (QED) is 0.448. The normalized spacial score (nSPS) is 16.1. The van der Waals surface area contributed by atoms with Crippen molar-refractivity contribution in [3.63, 3.8) is 0 Å². The van der Waals surface area contributed by atoms with Gasteiger partial charge in [-0.05, 0) is 60.2 Å². The molecule has 0 bridgehead atoms. The van der Waals surface area contributed by atoms with Gasteiger partial charge in [-0.3, -0.25) is 9.69 Å². The molecule has 1 heterocycles. The highest BCUT2D eigenvalue weighted by atomic mass is 32.2. The molecule has 1 aliphatic heterocycles. The van der Waals surface area contributed by atoms with Gasteiger partial charge in [0.05, 0.1) is 24.8 Å². The lowest BCUT2D eigenvalue weighted by molar-refractivity contribution is -0.122. The average Bonchev–Trinajstić information content (AvgIpc) is 3.12. The molecule has 3 aromatic carbocycles. The Hall–Kier alpha value is -3.51. The summed E-state index contributed by atoms with van der Waals surface area (Å²) in [4.78, 5) is 20.5. The highest BCUT2D eigenvalue weighted by Crippen LogP contribution is 2.36. The molecule has 0 radical (unpaired) electrons. The van der Waals surface area contributed by atoms with Crippen LogP contribution in [-0.2, 0) is 11.2 Å². The van der Waals surface area contributed by atoms with Crippen molar-refractivity contribution in [1.82, 2.24) is 4.90 Å². The van der Waals surface area contributed by atoms with Crippen LogP contribution in [0.3, 0.4) is 0 Å². The van der Waals surface area contributed by atoms with E-state index in [1.165, 1.54) is 17.3 Å². The number of hydrogen-bond donors (Lipinski definition) is 0. The molecule has 4 rings (SSSR count).